The normalized spacial score (nSPS) is 10.5. The summed E-state index contributed by atoms with van der Waals surface area (Å²) in [5.74, 6) is 0. The van der Waals surface area contributed by atoms with Gasteiger partial charge in [0, 0.05) is 23.7 Å². The molecule has 0 radical (unpaired) electrons. The van der Waals surface area contributed by atoms with E-state index in [1.54, 1.807) is 6.20 Å². The molecule has 0 saturated heterocycles. The maximum absolute atomic E-state index is 9.28. The van der Waals surface area contributed by atoms with Crippen LogP contribution in [0.2, 0.25) is 0 Å². The largest absolute Gasteiger partial charge is 0.310 e. The molecule has 1 heterocycles. The third kappa shape index (κ3) is 4.05. The molecule has 2 rings (SSSR count). The first-order valence-corrected chi connectivity index (χ1v) is 7.21. The van der Waals surface area contributed by atoms with Gasteiger partial charge in [-0.2, -0.15) is 5.26 Å². The van der Waals surface area contributed by atoms with Crippen molar-refractivity contribution in [2.24, 2.45) is 0 Å². The zero-order valence-electron chi connectivity index (χ0n) is 11.5. The van der Waals surface area contributed by atoms with Crippen molar-refractivity contribution in [3.05, 3.63) is 47.9 Å². The van der Waals surface area contributed by atoms with Crippen molar-refractivity contribution in [1.82, 2.24) is 15.3 Å². The molecule has 0 unspecified atom stereocenters. The van der Waals surface area contributed by atoms with Crippen LogP contribution < -0.4 is 5.32 Å². The van der Waals surface area contributed by atoms with Crippen molar-refractivity contribution >= 4 is 11.8 Å². The molecule has 0 bridgehead atoms. The number of hydrogen-bond donors (Lipinski definition) is 1. The third-order valence-corrected chi connectivity index (χ3v) is 3.67. The van der Waals surface area contributed by atoms with Crippen LogP contribution in [0, 0.1) is 11.3 Å². The molecule has 0 aliphatic carbocycles. The van der Waals surface area contributed by atoms with Gasteiger partial charge in [-0.15, -0.1) is 0 Å². The zero-order chi connectivity index (χ0) is 14.4. The van der Waals surface area contributed by atoms with E-state index < -0.39 is 0 Å². The zero-order valence-corrected chi connectivity index (χ0v) is 12.3. The fourth-order valence-corrected chi connectivity index (χ4v) is 2.44. The summed E-state index contributed by atoms with van der Waals surface area (Å²) in [5.41, 5.74) is 1.79. The number of nitrogens with zero attached hydrogens (tertiary/aromatic N) is 3. The first-order chi connectivity index (χ1) is 9.69. The van der Waals surface area contributed by atoms with Crippen molar-refractivity contribution in [1.29, 1.82) is 5.26 Å². The van der Waals surface area contributed by atoms with Gasteiger partial charge in [0.2, 0.25) is 0 Å². The van der Waals surface area contributed by atoms with Gasteiger partial charge < -0.3 is 5.32 Å². The minimum absolute atomic E-state index is 0.426. The molecule has 0 aliphatic heterocycles. The minimum Gasteiger partial charge on any atom is -0.310 e. The SMILES string of the molecule is CC(C)NCc1ccc(Sc2ccncn2)c(C#N)c1. The predicted molar refractivity (Wildman–Crippen MR) is 79.3 cm³/mol. The Labute approximate surface area is 123 Å². The van der Waals surface area contributed by atoms with Gasteiger partial charge in [0.05, 0.1) is 5.56 Å². The van der Waals surface area contributed by atoms with E-state index in [0.717, 1.165) is 22.0 Å². The van der Waals surface area contributed by atoms with Crippen LogP contribution in [0.25, 0.3) is 0 Å². The van der Waals surface area contributed by atoms with Gasteiger partial charge in [0.1, 0.15) is 17.4 Å². The summed E-state index contributed by atoms with van der Waals surface area (Å²) < 4.78 is 0. The van der Waals surface area contributed by atoms with E-state index in [-0.39, 0.29) is 0 Å². The van der Waals surface area contributed by atoms with E-state index >= 15 is 0 Å². The van der Waals surface area contributed by atoms with Gasteiger partial charge in [0.15, 0.2) is 0 Å². The highest BCUT2D eigenvalue weighted by atomic mass is 32.2. The van der Waals surface area contributed by atoms with Crippen LogP contribution in [0.15, 0.2) is 46.7 Å². The molecule has 1 aromatic carbocycles. The lowest BCUT2D eigenvalue weighted by molar-refractivity contribution is 0.588. The second kappa shape index (κ2) is 7.04. The first-order valence-electron chi connectivity index (χ1n) is 6.39. The minimum atomic E-state index is 0.426. The Kier molecular flexibility index (Phi) is 5.10. The fraction of sp³-hybridized carbons (Fsp3) is 0.267. The molecule has 5 heteroatoms. The molecule has 102 valence electrons. The molecule has 0 atom stereocenters. The van der Waals surface area contributed by atoms with Crippen LogP contribution in [-0.2, 0) is 6.54 Å². The van der Waals surface area contributed by atoms with E-state index in [0.29, 0.717) is 11.6 Å². The maximum Gasteiger partial charge on any atom is 0.116 e. The maximum atomic E-state index is 9.28. The first kappa shape index (κ1) is 14.5. The van der Waals surface area contributed by atoms with E-state index in [9.17, 15) is 5.26 Å². The highest BCUT2D eigenvalue weighted by Gasteiger charge is 2.06. The highest BCUT2D eigenvalue weighted by Crippen LogP contribution is 2.29. The molecule has 4 nitrogen and oxygen atoms in total. The van der Waals surface area contributed by atoms with E-state index in [1.165, 1.54) is 18.1 Å². The second-order valence-corrected chi connectivity index (χ2v) is 5.69. The van der Waals surface area contributed by atoms with Crippen LogP contribution in [-0.4, -0.2) is 16.0 Å². The second-order valence-electron chi connectivity index (χ2n) is 4.63. The summed E-state index contributed by atoms with van der Waals surface area (Å²) in [4.78, 5) is 8.96. The van der Waals surface area contributed by atoms with Gasteiger partial charge in [-0.1, -0.05) is 31.7 Å². The van der Waals surface area contributed by atoms with Gasteiger partial charge in [-0.3, -0.25) is 0 Å². The predicted octanol–water partition coefficient (Wildman–Crippen LogP) is 3.00. The topological polar surface area (TPSA) is 61.6 Å². The number of nitriles is 1. The van der Waals surface area contributed by atoms with Gasteiger partial charge in [0.25, 0.3) is 0 Å². The molecular formula is C15H16N4S. The van der Waals surface area contributed by atoms with Crippen molar-refractivity contribution in [3.63, 3.8) is 0 Å². The van der Waals surface area contributed by atoms with Crippen LogP contribution in [0.4, 0.5) is 0 Å². The summed E-state index contributed by atoms with van der Waals surface area (Å²) >= 11 is 1.48. The molecule has 0 aliphatic rings. The van der Waals surface area contributed by atoms with Gasteiger partial charge in [-0.05, 0) is 23.8 Å². The molecule has 1 aromatic heterocycles. The van der Waals surface area contributed by atoms with Crippen LogP contribution in [0.3, 0.4) is 0 Å². The lowest BCUT2D eigenvalue weighted by Gasteiger charge is -2.10. The lowest BCUT2D eigenvalue weighted by Crippen LogP contribution is -2.21. The van der Waals surface area contributed by atoms with E-state index in [1.807, 2.05) is 24.3 Å². The monoisotopic (exact) mass is 284 g/mol. The Balaban J connectivity index is 2.16. The molecule has 0 fully saturated rings. The Morgan fingerprint density at radius 3 is 2.85 bits per heavy atom. The Hall–Kier alpha value is -1.90. The Bertz CT molecular complexity index is 605. The smallest absolute Gasteiger partial charge is 0.116 e. The average Bonchev–Trinajstić information content (AvgIpc) is 2.47. The summed E-state index contributed by atoms with van der Waals surface area (Å²) in [7, 11) is 0. The van der Waals surface area contributed by atoms with E-state index in [2.05, 4.69) is 35.2 Å². The molecule has 1 N–H and O–H groups in total. The fourth-order valence-electron chi connectivity index (χ4n) is 1.64. The molecular weight excluding hydrogens is 268 g/mol. The molecule has 0 amide bonds. The van der Waals surface area contributed by atoms with E-state index in [4.69, 9.17) is 0 Å². The summed E-state index contributed by atoms with van der Waals surface area (Å²) in [6, 6.07) is 10.5. The Morgan fingerprint density at radius 2 is 2.20 bits per heavy atom. The van der Waals surface area contributed by atoms with Gasteiger partial charge in [-0.25, -0.2) is 9.97 Å². The summed E-state index contributed by atoms with van der Waals surface area (Å²) in [5, 5.41) is 13.5. The van der Waals surface area contributed by atoms with Crippen LogP contribution in [0.5, 0.6) is 0 Å². The highest BCUT2D eigenvalue weighted by molar-refractivity contribution is 7.99. The number of nitrogens with one attached hydrogen (secondary N) is 1. The third-order valence-electron chi connectivity index (χ3n) is 2.65. The number of rotatable bonds is 5. The summed E-state index contributed by atoms with van der Waals surface area (Å²) in [6.07, 6.45) is 3.21. The van der Waals surface area contributed by atoms with Crippen LogP contribution >= 0.6 is 11.8 Å². The standard InChI is InChI=1S/C15H16N4S/c1-11(2)18-9-12-3-4-14(13(7-12)8-16)20-15-5-6-17-10-19-15/h3-7,10-11,18H,9H2,1-2H3. The van der Waals surface area contributed by atoms with Crippen LogP contribution in [0.1, 0.15) is 25.0 Å². The molecule has 20 heavy (non-hydrogen) atoms. The summed E-state index contributed by atoms with van der Waals surface area (Å²) in [6.45, 7) is 4.97. The quantitative estimate of drug-likeness (QED) is 0.855. The molecule has 2 aromatic rings. The van der Waals surface area contributed by atoms with Gasteiger partial charge >= 0.3 is 0 Å². The van der Waals surface area contributed by atoms with Crippen molar-refractivity contribution in [2.75, 3.05) is 0 Å². The average molecular weight is 284 g/mol. The van der Waals surface area contributed by atoms with Crippen molar-refractivity contribution in [3.8, 4) is 6.07 Å². The van der Waals surface area contributed by atoms with Crippen molar-refractivity contribution in [2.45, 2.75) is 36.4 Å². The number of aromatic nitrogens is 2. The molecule has 0 saturated carbocycles. The number of hydrogen-bond acceptors (Lipinski definition) is 5. The van der Waals surface area contributed by atoms with Crippen molar-refractivity contribution < 1.29 is 0 Å². The Morgan fingerprint density at radius 1 is 1.35 bits per heavy atom. The lowest BCUT2D eigenvalue weighted by atomic mass is 10.1. The molecule has 0 spiro atoms. The number of benzene rings is 1.